The summed E-state index contributed by atoms with van der Waals surface area (Å²) in [7, 11) is 1.40. The van der Waals surface area contributed by atoms with Crippen molar-refractivity contribution in [2.24, 2.45) is 0 Å². The number of halogens is 2. The van der Waals surface area contributed by atoms with Gasteiger partial charge in [-0.25, -0.2) is 14.2 Å². The molecule has 2 rings (SSSR count). The minimum Gasteiger partial charge on any atom is -0.494 e. The summed E-state index contributed by atoms with van der Waals surface area (Å²) in [4.78, 5) is 15.7. The molecule has 0 aliphatic heterocycles. The molecular weight excluding hydrogens is 309 g/mol. The fraction of sp³-hybridized carbons (Fsp3) is 0.200. The highest BCUT2D eigenvalue weighted by Gasteiger charge is 2.12. The Balaban J connectivity index is 2.00. The minimum absolute atomic E-state index is 0.159. The van der Waals surface area contributed by atoms with Crippen molar-refractivity contribution in [3.8, 4) is 5.75 Å². The fourth-order valence-corrected chi connectivity index (χ4v) is 2.05. The highest BCUT2D eigenvalue weighted by molar-refractivity contribution is 6.29. The van der Waals surface area contributed by atoms with Crippen molar-refractivity contribution in [1.29, 1.82) is 0 Å². The Morgan fingerprint density at radius 2 is 2.14 bits per heavy atom. The number of anilines is 1. The number of nitrogens with one attached hydrogen (secondary N) is 2. The molecule has 0 aliphatic carbocycles. The molecule has 0 saturated heterocycles. The molecule has 1 aromatic carbocycles. The number of carbonyl (C=O) groups excluding carboxylic acids is 1. The predicted molar refractivity (Wildman–Crippen MR) is 82.8 cm³/mol. The lowest BCUT2D eigenvalue weighted by Gasteiger charge is -2.16. The quantitative estimate of drug-likeness (QED) is 0.842. The smallest absolute Gasteiger partial charge is 0.319 e. The van der Waals surface area contributed by atoms with Gasteiger partial charge < -0.3 is 15.4 Å². The maximum atomic E-state index is 13.7. The zero-order valence-electron chi connectivity index (χ0n) is 12.1. The Morgan fingerprint density at radius 3 is 2.77 bits per heavy atom. The normalized spacial score (nSPS) is 11.6. The number of aromatic nitrogens is 1. The third kappa shape index (κ3) is 4.08. The van der Waals surface area contributed by atoms with E-state index in [9.17, 15) is 9.18 Å². The van der Waals surface area contributed by atoms with Gasteiger partial charge in [-0.05, 0) is 36.8 Å². The highest BCUT2D eigenvalue weighted by Crippen LogP contribution is 2.21. The van der Waals surface area contributed by atoms with Crippen LogP contribution in [0.15, 0.2) is 36.5 Å². The Bertz CT molecular complexity index is 682. The van der Waals surface area contributed by atoms with E-state index in [1.165, 1.54) is 31.5 Å². The molecule has 0 spiro atoms. The van der Waals surface area contributed by atoms with Crippen molar-refractivity contribution in [3.63, 3.8) is 0 Å². The second-order valence-electron chi connectivity index (χ2n) is 4.58. The first-order chi connectivity index (χ1) is 10.5. The van der Waals surface area contributed by atoms with Gasteiger partial charge in [0.1, 0.15) is 5.15 Å². The van der Waals surface area contributed by atoms with E-state index in [1.54, 1.807) is 19.1 Å². The number of pyridine rings is 1. The molecular formula is C15H15ClFN3O2. The molecule has 0 fully saturated rings. The van der Waals surface area contributed by atoms with Gasteiger partial charge in [-0.3, -0.25) is 0 Å². The van der Waals surface area contributed by atoms with Crippen LogP contribution in [0.3, 0.4) is 0 Å². The van der Waals surface area contributed by atoms with Crippen LogP contribution in [0, 0.1) is 5.82 Å². The zero-order chi connectivity index (χ0) is 16.1. The Hall–Kier alpha value is -2.34. The molecule has 116 valence electrons. The van der Waals surface area contributed by atoms with Crippen LogP contribution in [0.5, 0.6) is 5.75 Å². The first kappa shape index (κ1) is 16.0. The summed E-state index contributed by atoms with van der Waals surface area (Å²) in [6.07, 6.45) is 1.49. The van der Waals surface area contributed by atoms with Gasteiger partial charge in [0.05, 0.1) is 13.2 Å². The van der Waals surface area contributed by atoms with E-state index >= 15 is 0 Å². The van der Waals surface area contributed by atoms with Gasteiger partial charge in [0.2, 0.25) is 0 Å². The van der Waals surface area contributed by atoms with E-state index in [2.05, 4.69) is 15.6 Å². The van der Waals surface area contributed by atoms with Crippen LogP contribution < -0.4 is 15.4 Å². The van der Waals surface area contributed by atoms with Crippen LogP contribution in [0.25, 0.3) is 0 Å². The van der Waals surface area contributed by atoms with E-state index in [4.69, 9.17) is 16.3 Å². The monoisotopic (exact) mass is 323 g/mol. The number of carbonyl (C=O) groups is 1. The number of ether oxygens (including phenoxy) is 1. The molecule has 1 aromatic heterocycles. The van der Waals surface area contributed by atoms with Gasteiger partial charge in [0.25, 0.3) is 0 Å². The molecule has 1 heterocycles. The first-order valence-corrected chi connectivity index (χ1v) is 6.90. The number of nitrogens with zero attached hydrogens (tertiary/aromatic N) is 1. The predicted octanol–water partition coefficient (Wildman–Crippen LogP) is 3.77. The van der Waals surface area contributed by atoms with E-state index in [1.807, 2.05) is 0 Å². The highest BCUT2D eigenvalue weighted by atomic mass is 35.5. The standard InChI is InChI=1S/C15H15ClFN3O2/c1-9(10-3-4-13(22-2)12(17)7-10)19-15(21)20-11-5-6-18-14(16)8-11/h3-9H,1-2H3,(H2,18,19,20,21). The lowest BCUT2D eigenvalue weighted by Crippen LogP contribution is -2.31. The van der Waals surface area contributed by atoms with Crippen molar-refractivity contribution < 1.29 is 13.9 Å². The van der Waals surface area contributed by atoms with Crippen molar-refractivity contribution in [1.82, 2.24) is 10.3 Å². The average Bonchev–Trinajstić information content (AvgIpc) is 2.46. The van der Waals surface area contributed by atoms with E-state index in [-0.39, 0.29) is 16.9 Å². The topological polar surface area (TPSA) is 63.2 Å². The number of benzene rings is 1. The summed E-state index contributed by atoms with van der Waals surface area (Å²) in [6, 6.07) is 6.87. The lowest BCUT2D eigenvalue weighted by molar-refractivity contribution is 0.249. The second kappa shape index (κ2) is 7.09. The van der Waals surface area contributed by atoms with Crippen LogP contribution in [0.4, 0.5) is 14.9 Å². The van der Waals surface area contributed by atoms with Gasteiger partial charge in [-0.2, -0.15) is 0 Å². The van der Waals surface area contributed by atoms with Crippen LogP contribution in [-0.2, 0) is 0 Å². The van der Waals surface area contributed by atoms with E-state index in [0.717, 1.165) is 0 Å². The summed E-state index contributed by atoms with van der Waals surface area (Å²) in [6.45, 7) is 1.75. The molecule has 1 atom stereocenters. The molecule has 2 amide bonds. The number of hydrogen-bond acceptors (Lipinski definition) is 3. The summed E-state index contributed by atoms with van der Waals surface area (Å²) < 4.78 is 18.5. The molecule has 5 nitrogen and oxygen atoms in total. The van der Waals surface area contributed by atoms with Crippen LogP contribution in [0.2, 0.25) is 5.15 Å². The van der Waals surface area contributed by atoms with Crippen molar-refractivity contribution in [3.05, 3.63) is 53.1 Å². The Kier molecular flexibility index (Phi) is 5.16. The molecule has 0 aliphatic rings. The van der Waals surface area contributed by atoms with Crippen LogP contribution in [-0.4, -0.2) is 18.1 Å². The van der Waals surface area contributed by atoms with Crippen LogP contribution >= 0.6 is 11.6 Å². The third-order valence-corrected chi connectivity index (χ3v) is 3.21. The molecule has 1 unspecified atom stereocenters. The molecule has 2 aromatic rings. The Labute approximate surface area is 132 Å². The average molecular weight is 324 g/mol. The van der Waals surface area contributed by atoms with Crippen LogP contribution in [0.1, 0.15) is 18.5 Å². The van der Waals surface area contributed by atoms with Crippen molar-refractivity contribution in [2.45, 2.75) is 13.0 Å². The summed E-state index contributed by atoms with van der Waals surface area (Å²) >= 11 is 5.74. The van der Waals surface area contributed by atoms with E-state index < -0.39 is 11.8 Å². The largest absolute Gasteiger partial charge is 0.494 e. The maximum absolute atomic E-state index is 13.7. The van der Waals surface area contributed by atoms with Gasteiger partial charge in [-0.1, -0.05) is 17.7 Å². The molecule has 0 saturated carbocycles. The minimum atomic E-state index is -0.477. The van der Waals surface area contributed by atoms with E-state index in [0.29, 0.717) is 11.3 Å². The van der Waals surface area contributed by atoms with Crippen molar-refractivity contribution in [2.75, 3.05) is 12.4 Å². The molecule has 0 bridgehead atoms. The number of urea groups is 1. The zero-order valence-corrected chi connectivity index (χ0v) is 12.8. The van der Waals surface area contributed by atoms with Crippen molar-refractivity contribution >= 4 is 23.3 Å². The fourth-order valence-electron chi connectivity index (χ4n) is 1.88. The van der Waals surface area contributed by atoms with Gasteiger partial charge in [0.15, 0.2) is 11.6 Å². The SMILES string of the molecule is COc1ccc(C(C)NC(=O)Nc2ccnc(Cl)c2)cc1F. The summed E-state index contributed by atoms with van der Waals surface area (Å²) in [5.74, 6) is -0.318. The molecule has 7 heteroatoms. The lowest BCUT2D eigenvalue weighted by atomic mass is 10.1. The molecule has 22 heavy (non-hydrogen) atoms. The summed E-state index contributed by atoms with van der Waals surface area (Å²) in [5.41, 5.74) is 1.15. The Morgan fingerprint density at radius 1 is 1.36 bits per heavy atom. The van der Waals surface area contributed by atoms with Gasteiger partial charge >= 0.3 is 6.03 Å². The second-order valence-corrected chi connectivity index (χ2v) is 4.97. The number of hydrogen-bond donors (Lipinski definition) is 2. The first-order valence-electron chi connectivity index (χ1n) is 6.52. The number of amides is 2. The van der Waals surface area contributed by atoms with Gasteiger partial charge in [0, 0.05) is 11.9 Å². The number of methoxy groups -OCH3 is 1. The number of rotatable bonds is 4. The maximum Gasteiger partial charge on any atom is 0.319 e. The van der Waals surface area contributed by atoms with Gasteiger partial charge in [-0.15, -0.1) is 0 Å². The molecule has 0 radical (unpaired) electrons. The molecule has 2 N–H and O–H groups in total. The third-order valence-electron chi connectivity index (χ3n) is 3.01. The summed E-state index contributed by atoms with van der Waals surface area (Å²) in [5, 5.41) is 5.62.